The van der Waals surface area contributed by atoms with Crippen LogP contribution in [0.25, 0.3) is 0 Å². The maximum atomic E-state index is 13.2. The lowest BCUT2D eigenvalue weighted by Crippen LogP contribution is -2.47. The van der Waals surface area contributed by atoms with Crippen LogP contribution in [0.3, 0.4) is 0 Å². The van der Waals surface area contributed by atoms with E-state index < -0.39 is 17.9 Å². The molecule has 30 heavy (non-hydrogen) atoms. The fourth-order valence-corrected chi connectivity index (χ4v) is 3.48. The van der Waals surface area contributed by atoms with E-state index in [0.29, 0.717) is 17.1 Å². The summed E-state index contributed by atoms with van der Waals surface area (Å²) >= 11 is 0. The van der Waals surface area contributed by atoms with Gasteiger partial charge in [-0.3, -0.25) is 19.3 Å². The van der Waals surface area contributed by atoms with Gasteiger partial charge < -0.3 is 4.74 Å². The van der Waals surface area contributed by atoms with Crippen molar-refractivity contribution < 1.29 is 19.1 Å². The number of benzene rings is 3. The minimum Gasteiger partial charge on any atom is -0.484 e. The molecule has 6 heteroatoms. The van der Waals surface area contributed by atoms with E-state index in [1.54, 1.807) is 60.7 Å². The van der Waals surface area contributed by atoms with E-state index in [1.165, 1.54) is 4.90 Å². The molecule has 3 amide bonds. The second kappa shape index (κ2) is 8.61. The maximum Gasteiger partial charge on any atom is 0.265 e. The van der Waals surface area contributed by atoms with Gasteiger partial charge >= 0.3 is 0 Å². The van der Waals surface area contributed by atoms with Gasteiger partial charge in [0.25, 0.3) is 11.8 Å². The summed E-state index contributed by atoms with van der Waals surface area (Å²) in [5.41, 5.74) is 1.04. The third kappa shape index (κ3) is 3.93. The van der Waals surface area contributed by atoms with Crippen LogP contribution in [0.1, 0.15) is 6.42 Å². The smallest absolute Gasteiger partial charge is 0.265 e. The molecular formula is C24H20N2O4. The van der Waals surface area contributed by atoms with Gasteiger partial charge in [0.05, 0.1) is 12.1 Å². The van der Waals surface area contributed by atoms with E-state index in [2.05, 4.69) is 0 Å². The molecule has 1 aliphatic rings. The van der Waals surface area contributed by atoms with Crippen LogP contribution in [0, 0.1) is 0 Å². The number of carbonyl (C=O) groups is 3. The quantitative estimate of drug-likeness (QED) is 0.595. The van der Waals surface area contributed by atoms with Crippen LogP contribution in [0.5, 0.6) is 5.75 Å². The van der Waals surface area contributed by atoms with E-state index >= 15 is 0 Å². The van der Waals surface area contributed by atoms with Crippen LogP contribution in [0.2, 0.25) is 0 Å². The summed E-state index contributed by atoms with van der Waals surface area (Å²) in [6, 6.07) is 25.7. The number of rotatable bonds is 6. The summed E-state index contributed by atoms with van der Waals surface area (Å²) in [4.78, 5) is 41.5. The molecule has 0 aliphatic carbocycles. The number of carbonyl (C=O) groups excluding carboxylic acids is 3. The van der Waals surface area contributed by atoms with Crippen molar-refractivity contribution in [2.45, 2.75) is 12.5 Å². The van der Waals surface area contributed by atoms with Gasteiger partial charge in [-0.1, -0.05) is 54.6 Å². The fraction of sp³-hybridized carbons (Fsp3) is 0.125. The number of hydrogen-bond donors (Lipinski definition) is 0. The average Bonchev–Trinajstić information content (AvgIpc) is 3.08. The van der Waals surface area contributed by atoms with Crippen molar-refractivity contribution in [1.29, 1.82) is 0 Å². The average molecular weight is 400 g/mol. The molecule has 4 rings (SSSR count). The van der Waals surface area contributed by atoms with Crippen molar-refractivity contribution in [3.05, 3.63) is 91.0 Å². The predicted molar refractivity (Wildman–Crippen MR) is 113 cm³/mol. The second-order valence-corrected chi connectivity index (χ2v) is 6.82. The minimum absolute atomic E-state index is 0.0836. The van der Waals surface area contributed by atoms with E-state index in [1.807, 2.05) is 30.3 Å². The van der Waals surface area contributed by atoms with Crippen LogP contribution < -0.4 is 14.5 Å². The summed E-state index contributed by atoms with van der Waals surface area (Å²) in [5, 5.41) is 0. The molecule has 1 atom stereocenters. The monoisotopic (exact) mass is 400 g/mol. The predicted octanol–water partition coefficient (Wildman–Crippen LogP) is 3.43. The molecule has 0 bridgehead atoms. The molecule has 0 radical (unpaired) electrons. The lowest BCUT2D eigenvalue weighted by atomic mass is 10.1. The molecule has 1 unspecified atom stereocenters. The van der Waals surface area contributed by atoms with E-state index in [0.717, 1.165) is 4.90 Å². The number of imide groups is 1. The van der Waals surface area contributed by atoms with Crippen LogP contribution in [-0.2, 0) is 14.4 Å². The van der Waals surface area contributed by atoms with Crippen molar-refractivity contribution in [3.8, 4) is 5.75 Å². The Morgan fingerprint density at radius 1 is 0.867 bits per heavy atom. The van der Waals surface area contributed by atoms with Crippen molar-refractivity contribution in [2.24, 2.45) is 0 Å². The first-order valence-electron chi connectivity index (χ1n) is 9.62. The Kier molecular flexibility index (Phi) is 5.57. The molecule has 1 aliphatic heterocycles. The Morgan fingerprint density at radius 3 is 2.07 bits per heavy atom. The summed E-state index contributed by atoms with van der Waals surface area (Å²) in [6.07, 6.45) is -0.0836. The van der Waals surface area contributed by atoms with E-state index in [9.17, 15) is 14.4 Å². The summed E-state index contributed by atoms with van der Waals surface area (Å²) in [7, 11) is 0. The fourth-order valence-electron chi connectivity index (χ4n) is 3.48. The number of nitrogens with zero attached hydrogens (tertiary/aromatic N) is 2. The van der Waals surface area contributed by atoms with Gasteiger partial charge in [-0.15, -0.1) is 0 Å². The summed E-state index contributed by atoms with van der Waals surface area (Å²) in [5.74, 6) is -0.610. The Hall–Kier alpha value is -3.93. The Bertz CT molecular complexity index is 1040. The number of amides is 3. The summed E-state index contributed by atoms with van der Waals surface area (Å²) < 4.78 is 5.60. The van der Waals surface area contributed by atoms with Crippen LogP contribution in [0.15, 0.2) is 91.0 Å². The maximum absolute atomic E-state index is 13.2. The molecule has 0 saturated carbocycles. The standard InChI is InChI=1S/C24H20N2O4/c27-22-16-21(24(29)26(22)19-12-6-2-7-13-19)25(18-10-4-1-5-11-18)23(28)17-30-20-14-8-3-9-15-20/h1-15,21H,16-17H2. The largest absolute Gasteiger partial charge is 0.484 e. The molecule has 150 valence electrons. The second-order valence-electron chi connectivity index (χ2n) is 6.82. The third-order valence-corrected chi connectivity index (χ3v) is 4.86. The molecule has 0 N–H and O–H groups in total. The molecule has 0 aromatic heterocycles. The molecule has 1 heterocycles. The normalized spacial score (nSPS) is 15.9. The van der Waals surface area contributed by atoms with Crippen LogP contribution in [0.4, 0.5) is 11.4 Å². The lowest BCUT2D eigenvalue weighted by Gasteiger charge is -2.27. The van der Waals surface area contributed by atoms with Crippen LogP contribution >= 0.6 is 0 Å². The highest BCUT2D eigenvalue weighted by Gasteiger charge is 2.45. The van der Waals surface area contributed by atoms with Gasteiger partial charge in [0.15, 0.2) is 6.61 Å². The molecule has 1 fully saturated rings. The first-order chi connectivity index (χ1) is 14.6. The third-order valence-electron chi connectivity index (χ3n) is 4.86. The number of para-hydroxylation sites is 3. The Balaban J connectivity index is 1.61. The highest BCUT2D eigenvalue weighted by molar-refractivity contribution is 6.25. The number of ether oxygens (including phenoxy) is 1. The molecule has 0 spiro atoms. The topological polar surface area (TPSA) is 66.9 Å². The van der Waals surface area contributed by atoms with Crippen molar-refractivity contribution in [2.75, 3.05) is 16.4 Å². The highest BCUT2D eigenvalue weighted by Crippen LogP contribution is 2.29. The number of anilines is 2. The molecule has 6 nitrogen and oxygen atoms in total. The number of hydrogen-bond acceptors (Lipinski definition) is 4. The first kappa shape index (κ1) is 19.4. The Labute approximate surface area is 174 Å². The van der Waals surface area contributed by atoms with Gasteiger partial charge in [-0.25, -0.2) is 4.90 Å². The molecule has 3 aromatic rings. The van der Waals surface area contributed by atoms with Gasteiger partial charge in [0, 0.05) is 5.69 Å². The van der Waals surface area contributed by atoms with E-state index in [-0.39, 0.29) is 18.9 Å². The van der Waals surface area contributed by atoms with Crippen LogP contribution in [-0.4, -0.2) is 30.4 Å². The van der Waals surface area contributed by atoms with Gasteiger partial charge in [0.1, 0.15) is 11.8 Å². The van der Waals surface area contributed by atoms with E-state index in [4.69, 9.17) is 4.74 Å². The van der Waals surface area contributed by atoms with Gasteiger partial charge in [-0.2, -0.15) is 0 Å². The highest BCUT2D eigenvalue weighted by atomic mass is 16.5. The Morgan fingerprint density at radius 2 is 1.43 bits per heavy atom. The molecule has 3 aromatic carbocycles. The molecular weight excluding hydrogens is 380 g/mol. The first-order valence-corrected chi connectivity index (χ1v) is 9.62. The van der Waals surface area contributed by atoms with Gasteiger partial charge in [-0.05, 0) is 36.4 Å². The zero-order chi connectivity index (χ0) is 20.9. The van der Waals surface area contributed by atoms with Gasteiger partial charge in [0.2, 0.25) is 5.91 Å². The van der Waals surface area contributed by atoms with Crippen molar-refractivity contribution in [1.82, 2.24) is 0 Å². The zero-order valence-corrected chi connectivity index (χ0v) is 16.2. The van der Waals surface area contributed by atoms with Crippen molar-refractivity contribution in [3.63, 3.8) is 0 Å². The molecule has 1 saturated heterocycles. The van der Waals surface area contributed by atoms with Crippen molar-refractivity contribution >= 4 is 29.1 Å². The summed E-state index contributed by atoms with van der Waals surface area (Å²) in [6.45, 7) is -0.248. The minimum atomic E-state index is -0.924. The zero-order valence-electron chi connectivity index (χ0n) is 16.2. The SMILES string of the molecule is O=C1CC(N(C(=O)COc2ccccc2)c2ccccc2)C(=O)N1c1ccccc1. The lowest BCUT2D eigenvalue weighted by molar-refractivity contribution is -0.125.